The van der Waals surface area contributed by atoms with Gasteiger partial charge in [0, 0.05) is 12.6 Å². The summed E-state index contributed by atoms with van der Waals surface area (Å²) in [6, 6.07) is 7.38. The summed E-state index contributed by atoms with van der Waals surface area (Å²) in [4.78, 5) is 2.78. The molecule has 2 aliphatic carbocycles. The first-order valence-corrected chi connectivity index (χ1v) is 8.59. The highest BCUT2D eigenvalue weighted by atomic mass is 16.3. The second kappa shape index (κ2) is 4.82. The third kappa shape index (κ3) is 2.15. The number of rotatable bonds is 3. The van der Waals surface area contributed by atoms with Crippen LogP contribution < -0.4 is 0 Å². The van der Waals surface area contributed by atoms with Gasteiger partial charge in [0.2, 0.25) is 0 Å². The van der Waals surface area contributed by atoms with Crippen LogP contribution in [0.15, 0.2) is 18.2 Å². The first-order chi connectivity index (χ1) is 10.1. The molecule has 2 heteroatoms. The Morgan fingerprint density at radius 3 is 2.86 bits per heavy atom. The van der Waals surface area contributed by atoms with Crippen LogP contribution in [0.3, 0.4) is 0 Å². The van der Waals surface area contributed by atoms with E-state index in [-0.39, 0.29) is 6.61 Å². The number of nitrogens with zero attached hydrogens (tertiary/aromatic N) is 1. The van der Waals surface area contributed by atoms with Crippen LogP contribution in [0.2, 0.25) is 0 Å². The topological polar surface area (TPSA) is 23.5 Å². The summed E-state index contributed by atoms with van der Waals surface area (Å²) in [5.41, 5.74) is 4.41. The van der Waals surface area contributed by atoms with Gasteiger partial charge in [0.05, 0.1) is 6.61 Å². The highest BCUT2D eigenvalue weighted by Crippen LogP contribution is 2.49. The first-order valence-electron chi connectivity index (χ1n) is 8.59. The maximum atomic E-state index is 9.45. The Bertz CT molecular complexity index is 550. The van der Waals surface area contributed by atoms with Gasteiger partial charge in [-0.1, -0.05) is 32.0 Å². The highest BCUT2D eigenvalue weighted by molar-refractivity contribution is 5.42. The zero-order chi connectivity index (χ0) is 14.6. The lowest BCUT2D eigenvalue weighted by Crippen LogP contribution is -2.58. The molecule has 3 atom stereocenters. The molecule has 1 aliphatic heterocycles. The number of hydrogen-bond acceptors (Lipinski definition) is 2. The van der Waals surface area contributed by atoms with E-state index in [0.717, 1.165) is 17.5 Å². The minimum Gasteiger partial charge on any atom is -0.392 e. The molecular formula is C19H27NO. The Balaban J connectivity index is 1.70. The standard InChI is InChI=1S/C19H27NO/c1-13-18-10-16-6-5-15(12-21)9-17(16)19(13,2)7-8-20(18)11-14-3-4-14/h5-6,9,13-14,18,21H,3-4,7-8,10-12H2,1-2H3/t13?,18?,19-/m0/s1. The lowest BCUT2D eigenvalue weighted by molar-refractivity contribution is 0.0283. The summed E-state index contributed by atoms with van der Waals surface area (Å²) in [5, 5.41) is 9.45. The maximum Gasteiger partial charge on any atom is 0.0681 e. The molecule has 3 aliphatic rings. The zero-order valence-electron chi connectivity index (χ0n) is 13.3. The van der Waals surface area contributed by atoms with Gasteiger partial charge in [-0.2, -0.15) is 0 Å². The molecule has 2 nitrogen and oxygen atoms in total. The summed E-state index contributed by atoms with van der Waals surface area (Å²) in [5.74, 6) is 1.70. The molecule has 0 amide bonds. The lowest BCUT2D eigenvalue weighted by Gasteiger charge is -2.55. The Morgan fingerprint density at radius 2 is 2.14 bits per heavy atom. The van der Waals surface area contributed by atoms with Crippen molar-refractivity contribution in [3.63, 3.8) is 0 Å². The number of aliphatic hydroxyl groups is 1. The summed E-state index contributed by atoms with van der Waals surface area (Å²) < 4.78 is 0. The maximum absolute atomic E-state index is 9.45. The van der Waals surface area contributed by atoms with Gasteiger partial charge < -0.3 is 5.11 Å². The number of aliphatic hydroxyl groups excluding tert-OH is 1. The van der Waals surface area contributed by atoms with Crippen molar-refractivity contribution in [3.8, 4) is 0 Å². The van der Waals surface area contributed by atoms with Crippen LogP contribution in [-0.4, -0.2) is 29.1 Å². The molecule has 2 unspecified atom stereocenters. The Hall–Kier alpha value is -0.860. The third-order valence-electron chi connectivity index (χ3n) is 6.56. The van der Waals surface area contributed by atoms with E-state index in [1.165, 1.54) is 49.9 Å². The monoisotopic (exact) mass is 285 g/mol. The molecular weight excluding hydrogens is 258 g/mol. The van der Waals surface area contributed by atoms with Crippen molar-refractivity contribution in [1.29, 1.82) is 0 Å². The summed E-state index contributed by atoms with van der Waals surface area (Å²) in [6.45, 7) is 7.66. The smallest absolute Gasteiger partial charge is 0.0681 e. The van der Waals surface area contributed by atoms with Crippen LogP contribution in [0.4, 0.5) is 0 Å². The Morgan fingerprint density at radius 1 is 1.33 bits per heavy atom. The van der Waals surface area contributed by atoms with Crippen molar-refractivity contribution >= 4 is 0 Å². The highest BCUT2D eigenvalue weighted by Gasteiger charge is 2.48. The predicted molar refractivity (Wildman–Crippen MR) is 85.3 cm³/mol. The first kappa shape index (κ1) is 13.8. The second-order valence-electron chi connectivity index (χ2n) is 7.82. The fourth-order valence-corrected chi connectivity index (χ4v) is 4.71. The summed E-state index contributed by atoms with van der Waals surface area (Å²) >= 11 is 0. The molecule has 0 radical (unpaired) electrons. The van der Waals surface area contributed by atoms with Crippen molar-refractivity contribution in [2.75, 3.05) is 13.1 Å². The van der Waals surface area contributed by atoms with Crippen molar-refractivity contribution in [2.45, 2.75) is 57.6 Å². The van der Waals surface area contributed by atoms with E-state index in [0.29, 0.717) is 11.3 Å². The molecule has 1 N–H and O–H groups in total. The number of piperidine rings is 1. The Labute approximate surface area is 128 Å². The minimum atomic E-state index is 0.162. The van der Waals surface area contributed by atoms with Crippen LogP contribution in [0.1, 0.15) is 49.8 Å². The fourth-order valence-electron chi connectivity index (χ4n) is 4.71. The summed E-state index contributed by atoms with van der Waals surface area (Å²) in [7, 11) is 0. The average molecular weight is 285 g/mol. The molecule has 1 saturated carbocycles. The van der Waals surface area contributed by atoms with Crippen LogP contribution >= 0.6 is 0 Å². The summed E-state index contributed by atoms with van der Waals surface area (Å²) in [6.07, 6.45) is 5.36. The second-order valence-corrected chi connectivity index (χ2v) is 7.82. The molecule has 1 heterocycles. The van der Waals surface area contributed by atoms with Crippen molar-refractivity contribution in [1.82, 2.24) is 4.90 Å². The number of hydrogen-bond donors (Lipinski definition) is 1. The van der Waals surface area contributed by atoms with Crippen molar-refractivity contribution < 1.29 is 5.11 Å². The quantitative estimate of drug-likeness (QED) is 0.922. The van der Waals surface area contributed by atoms with Crippen LogP contribution in [-0.2, 0) is 18.4 Å². The molecule has 21 heavy (non-hydrogen) atoms. The van der Waals surface area contributed by atoms with Gasteiger partial charge in [-0.25, -0.2) is 0 Å². The number of fused-ring (bicyclic) bond motifs is 4. The molecule has 114 valence electrons. The minimum absolute atomic E-state index is 0.162. The van der Waals surface area contributed by atoms with Crippen molar-refractivity contribution in [3.05, 3.63) is 34.9 Å². The predicted octanol–water partition coefficient (Wildman–Crippen LogP) is 3.11. The molecule has 1 aromatic rings. The molecule has 1 aromatic carbocycles. The van der Waals surface area contributed by atoms with Crippen LogP contribution in [0, 0.1) is 11.8 Å². The van der Waals surface area contributed by atoms with Gasteiger partial charge in [0.25, 0.3) is 0 Å². The normalized spacial score (nSPS) is 35.6. The SMILES string of the molecule is CC1C2Cc3ccc(CO)cc3[C@@]1(C)CCN2CC1CC1. The van der Waals surface area contributed by atoms with Crippen LogP contribution in [0.5, 0.6) is 0 Å². The third-order valence-corrected chi connectivity index (χ3v) is 6.56. The zero-order valence-corrected chi connectivity index (χ0v) is 13.3. The largest absolute Gasteiger partial charge is 0.392 e. The van der Waals surface area contributed by atoms with Gasteiger partial charge in [-0.15, -0.1) is 0 Å². The van der Waals surface area contributed by atoms with Crippen molar-refractivity contribution in [2.24, 2.45) is 11.8 Å². The molecule has 0 aromatic heterocycles. The van der Waals surface area contributed by atoms with E-state index in [9.17, 15) is 5.11 Å². The molecule has 4 rings (SSSR count). The Kier molecular flexibility index (Phi) is 3.16. The van der Waals surface area contributed by atoms with E-state index in [2.05, 4.69) is 36.9 Å². The molecule has 0 spiro atoms. The van der Waals surface area contributed by atoms with E-state index in [1.807, 2.05) is 0 Å². The van der Waals surface area contributed by atoms with Gasteiger partial charge in [0.15, 0.2) is 0 Å². The lowest BCUT2D eigenvalue weighted by atomic mass is 9.59. The van der Waals surface area contributed by atoms with Gasteiger partial charge in [0.1, 0.15) is 0 Å². The van der Waals surface area contributed by atoms with Gasteiger partial charge in [-0.3, -0.25) is 4.90 Å². The van der Waals surface area contributed by atoms with Crippen LogP contribution in [0.25, 0.3) is 0 Å². The van der Waals surface area contributed by atoms with E-state index in [1.54, 1.807) is 0 Å². The van der Waals surface area contributed by atoms with E-state index in [4.69, 9.17) is 0 Å². The number of benzene rings is 1. The molecule has 2 fully saturated rings. The van der Waals surface area contributed by atoms with Gasteiger partial charge >= 0.3 is 0 Å². The fraction of sp³-hybridized carbons (Fsp3) is 0.684. The van der Waals surface area contributed by atoms with E-state index < -0.39 is 0 Å². The average Bonchev–Trinajstić information content (AvgIpc) is 3.30. The van der Waals surface area contributed by atoms with E-state index >= 15 is 0 Å². The van der Waals surface area contributed by atoms with Gasteiger partial charge in [-0.05, 0) is 66.2 Å². The molecule has 2 bridgehead atoms. The molecule has 1 saturated heterocycles. The number of likely N-dealkylation sites (tertiary alicyclic amines) is 1.